The van der Waals surface area contributed by atoms with E-state index in [1.165, 1.54) is 6.42 Å². The van der Waals surface area contributed by atoms with Gasteiger partial charge in [-0.15, -0.1) is 0 Å². The molecule has 0 unspecified atom stereocenters. The van der Waals surface area contributed by atoms with Crippen LogP contribution in [0.5, 0.6) is 0 Å². The smallest absolute Gasteiger partial charge is 0.409 e. The summed E-state index contributed by atoms with van der Waals surface area (Å²) in [5.41, 5.74) is 0.359. The van der Waals surface area contributed by atoms with Crippen molar-refractivity contribution < 1.29 is 9.53 Å². The van der Waals surface area contributed by atoms with E-state index in [1.54, 1.807) is 0 Å². The maximum absolute atomic E-state index is 11.6. The van der Waals surface area contributed by atoms with Gasteiger partial charge in [0.05, 0.1) is 6.61 Å². The average molecular weight is 256 g/mol. The molecular formula is C14H28N2O2. The van der Waals surface area contributed by atoms with Crippen molar-refractivity contribution in [1.29, 1.82) is 0 Å². The van der Waals surface area contributed by atoms with Gasteiger partial charge in [-0.3, -0.25) is 0 Å². The Morgan fingerprint density at radius 3 is 2.44 bits per heavy atom. The monoisotopic (exact) mass is 256 g/mol. The predicted molar refractivity (Wildman–Crippen MR) is 73.7 cm³/mol. The number of nitrogens with one attached hydrogen (secondary N) is 1. The van der Waals surface area contributed by atoms with Gasteiger partial charge in [-0.05, 0) is 31.6 Å². The Kier molecular flexibility index (Phi) is 5.93. The molecule has 4 heteroatoms. The summed E-state index contributed by atoms with van der Waals surface area (Å²) >= 11 is 0. The van der Waals surface area contributed by atoms with Crippen LogP contribution in [0.15, 0.2) is 0 Å². The van der Waals surface area contributed by atoms with Crippen LogP contribution in [0.3, 0.4) is 0 Å². The maximum atomic E-state index is 11.6. The summed E-state index contributed by atoms with van der Waals surface area (Å²) in [6.45, 7) is 11.8. The molecule has 1 fully saturated rings. The van der Waals surface area contributed by atoms with E-state index in [0.717, 1.165) is 32.5 Å². The van der Waals surface area contributed by atoms with Crippen molar-refractivity contribution in [2.75, 3.05) is 26.2 Å². The molecule has 0 atom stereocenters. The first-order valence-corrected chi connectivity index (χ1v) is 7.13. The summed E-state index contributed by atoms with van der Waals surface area (Å²) in [6.07, 6.45) is 3.07. The summed E-state index contributed by atoms with van der Waals surface area (Å²) in [5, 5.41) is 3.63. The van der Waals surface area contributed by atoms with Gasteiger partial charge in [-0.2, -0.15) is 0 Å². The van der Waals surface area contributed by atoms with Crippen LogP contribution >= 0.6 is 0 Å². The summed E-state index contributed by atoms with van der Waals surface area (Å²) in [5.74, 6) is 0. The molecule has 0 spiro atoms. The molecule has 4 nitrogen and oxygen atoms in total. The van der Waals surface area contributed by atoms with Gasteiger partial charge in [0.25, 0.3) is 0 Å². The van der Waals surface area contributed by atoms with Gasteiger partial charge >= 0.3 is 6.09 Å². The van der Waals surface area contributed by atoms with Crippen LogP contribution in [0.25, 0.3) is 0 Å². The number of hydrogen-bond acceptors (Lipinski definition) is 3. The van der Waals surface area contributed by atoms with Crippen molar-refractivity contribution in [3.8, 4) is 0 Å². The molecule has 1 aliphatic rings. The Morgan fingerprint density at radius 1 is 1.33 bits per heavy atom. The van der Waals surface area contributed by atoms with Gasteiger partial charge in [-0.25, -0.2) is 4.79 Å². The number of carbonyl (C=O) groups is 1. The quantitative estimate of drug-likeness (QED) is 0.822. The molecule has 106 valence electrons. The number of ether oxygens (including phenoxy) is 1. The molecule has 0 bridgehead atoms. The van der Waals surface area contributed by atoms with Crippen LogP contribution in [-0.2, 0) is 4.74 Å². The standard InChI is InChI=1S/C14H28N2O2/c1-5-14(3,4)11-15-12-7-9-16(10-8-12)13(17)18-6-2/h12,15H,5-11H2,1-4H3. The third kappa shape index (κ3) is 4.84. The highest BCUT2D eigenvalue weighted by atomic mass is 16.6. The highest BCUT2D eigenvalue weighted by Crippen LogP contribution is 2.19. The lowest BCUT2D eigenvalue weighted by molar-refractivity contribution is 0.0941. The van der Waals surface area contributed by atoms with E-state index in [4.69, 9.17) is 4.74 Å². The van der Waals surface area contributed by atoms with Gasteiger partial charge in [0.2, 0.25) is 0 Å². The predicted octanol–water partition coefficient (Wildman–Crippen LogP) is 2.63. The fourth-order valence-corrected chi connectivity index (χ4v) is 2.03. The van der Waals surface area contributed by atoms with E-state index < -0.39 is 0 Å². The van der Waals surface area contributed by atoms with Crippen LogP contribution in [0.1, 0.15) is 47.0 Å². The van der Waals surface area contributed by atoms with Crippen molar-refractivity contribution in [1.82, 2.24) is 10.2 Å². The second kappa shape index (κ2) is 6.98. The van der Waals surface area contributed by atoms with Gasteiger partial charge in [0.15, 0.2) is 0 Å². The molecule has 0 radical (unpaired) electrons. The number of likely N-dealkylation sites (tertiary alicyclic amines) is 1. The molecule has 18 heavy (non-hydrogen) atoms. The Hall–Kier alpha value is -0.770. The maximum Gasteiger partial charge on any atom is 0.409 e. The van der Waals surface area contributed by atoms with Crippen LogP contribution < -0.4 is 5.32 Å². The van der Waals surface area contributed by atoms with Crippen molar-refractivity contribution in [2.24, 2.45) is 5.41 Å². The van der Waals surface area contributed by atoms with E-state index in [2.05, 4.69) is 26.1 Å². The van der Waals surface area contributed by atoms with Crippen molar-refractivity contribution in [3.05, 3.63) is 0 Å². The molecular weight excluding hydrogens is 228 g/mol. The molecule has 0 aromatic heterocycles. The number of hydrogen-bond donors (Lipinski definition) is 1. The number of nitrogens with zero attached hydrogens (tertiary/aromatic N) is 1. The van der Waals surface area contributed by atoms with E-state index >= 15 is 0 Å². The molecule has 1 amide bonds. The molecule has 0 aromatic rings. The van der Waals surface area contributed by atoms with Crippen LogP contribution in [-0.4, -0.2) is 43.3 Å². The van der Waals surface area contributed by atoms with Gasteiger partial charge in [0.1, 0.15) is 0 Å². The van der Waals surface area contributed by atoms with Crippen molar-refractivity contribution in [2.45, 2.75) is 53.0 Å². The fourth-order valence-electron chi connectivity index (χ4n) is 2.03. The van der Waals surface area contributed by atoms with E-state index in [1.807, 2.05) is 11.8 Å². The highest BCUT2D eigenvalue weighted by Gasteiger charge is 2.24. The molecule has 1 N–H and O–H groups in total. The average Bonchev–Trinajstić information content (AvgIpc) is 2.37. The minimum atomic E-state index is -0.162. The van der Waals surface area contributed by atoms with Gasteiger partial charge < -0.3 is 15.0 Å². The number of amides is 1. The lowest BCUT2D eigenvalue weighted by Crippen LogP contribution is -2.46. The molecule has 1 rings (SSSR count). The Bertz CT molecular complexity index is 259. The second-order valence-electron chi connectivity index (χ2n) is 5.86. The van der Waals surface area contributed by atoms with Crippen LogP contribution in [0, 0.1) is 5.41 Å². The minimum absolute atomic E-state index is 0.162. The normalized spacial score (nSPS) is 17.9. The largest absolute Gasteiger partial charge is 0.450 e. The zero-order chi connectivity index (χ0) is 13.6. The Morgan fingerprint density at radius 2 is 1.94 bits per heavy atom. The number of carbonyl (C=O) groups excluding carboxylic acids is 1. The van der Waals surface area contributed by atoms with E-state index in [9.17, 15) is 4.79 Å². The third-order valence-corrected chi connectivity index (χ3v) is 3.85. The van der Waals surface area contributed by atoms with Crippen LogP contribution in [0.2, 0.25) is 0 Å². The first-order chi connectivity index (χ1) is 8.48. The number of piperidine rings is 1. The first-order valence-electron chi connectivity index (χ1n) is 7.13. The SMILES string of the molecule is CCOC(=O)N1CCC(NCC(C)(C)CC)CC1. The molecule has 1 aliphatic heterocycles. The van der Waals surface area contributed by atoms with Crippen molar-refractivity contribution in [3.63, 3.8) is 0 Å². The third-order valence-electron chi connectivity index (χ3n) is 3.85. The van der Waals surface area contributed by atoms with Crippen LogP contribution in [0.4, 0.5) is 4.79 Å². The molecule has 1 saturated heterocycles. The zero-order valence-corrected chi connectivity index (χ0v) is 12.3. The Labute approximate surface area is 111 Å². The summed E-state index contributed by atoms with van der Waals surface area (Å²) in [4.78, 5) is 13.4. The summed E-state index contributed by atoms with van der Waals surface area (Å²) in [7, 11) is 0. The molecule has 0 aromatic carbocycles. The fraction of sp³-hybridized carbons (Fsp3) is 0.929. The molecule has 0 aliphatic carbocycles. The lowest BCUT2D eigenvalue weighted by atomic mass is 9.89. The summed E-state index contributed by atoms with van der Waals surface area (Å²) in [6, 6.07) is 0.543. The molecule has 1 heterocycles. The Balaban J connectivity index is 2.25. The first kappa shape index (κ1) is 15.3. The highest BCUT2D eigenvalue weighted by molar-refractivity contribution is 5.67. The summed E-state index contributed by atoms with van der Waals surface area (Å²) < 4.78 is 5.01. The second-order valence-corrected chi connectivity index (χ2v) is 5.86. The topological polar surface area (TPSA) is 41.6 Å². The van der Waals surface area contributed by atoms with Gasteiger partial charge in [0, 0.05) is 25.7 Å². The number of rotatable bonds is 5. The molecule has 0 saturated carbocycles. The van der Waals surface area contributed by atoms with E-state index in [-0.39, 0.29) is 6.09 Å². The van der Waals surface area contributed by atoms with Crippen molar-refractivity contribution >= 4 is 6.09 Å². The van der Waals surface area contributed by atoms with Gasteiger partial charge in [-0.1, -0.05) is 20.8 Å². The minimum Gasteiger partial charge on any atom is -0.450 e. The lowest BCUT2D eigenvalue weighted by Gasteiger charge is -2.34. The van der Waals surface area contributed by atoms with E-state index in [0.29, 0.717) is 18.1 Å². The zero-order valence-electron chi connectivity index (χ0n) is 12.3.